The van der Waals surface area contributed by atoms with Gasteiger partial charge in [0.15, 0.2) is 17.3 Å². The van der Waals surface area contributed by atoms with E-state index < -0.39 is 0 Å². The zero-order chi connectivity index (χ0) is 16.5. The number of aromatic nitrogens is 4. The number of hydrogen-bond donors (Lipinski definition) is 1. The molecule has 0 aliphatic heterocycles. The largest absolute Gasteiger partial charge is 0.437 e. The molecule has 2 aromatic carbocycles. The number of imidazole rings is 1. The Hall–Kier alpha value is -3.41. The van der Waals surface area contributed by atoms with E-state index in [1.54, 1.807) is 0 Å². The van der Waals surface area contributed by atoms with Crippen molar-refractivity contribution in [2.24, 2.45) is 0 Å². The lowest BCUT2D eigenvalue weighted by Gasteiger charge is -2.07. The molecule has 0 atom stereocenters. The van der Waals surface area contributed by atoms with Gasteiger partial charge < -0.3 is 9.72 Å². The fourth-order valence-corrected chi connectivity index (χ4v) is 2.45. The monoisotopic (exact) mass is 316 g/mol. The number of benzene rings is 2. The molecule has 0 aliphatic carbocycles. The number of hydrogen-bond acceptors (Lipinski definition) is 4. The van der Waals surface area contributed by atoms with E-state index in [1.807, 2.05) is 55.5 Å². The van der Waals surface area contributed by atoms with Crippen LogP contribution in [-0.2, 0) is 0 Å². The molecule has 0 saturated carbocycles. The van der Waals surface area contributed by atoms with Crippen molar-refractivity contribution in [2.45, 2.75) is 6.92 Å². The maximum atomic E-state index is 8.00. The second kappa shape index (κ2) is 5.66. The van der Waals surface area contributed by atoms with E-state index in [0.29, 0.717) is 23.1 Å². The first-order valence-corrected chi connectivity index (χ1v) is 7.47. The fraction of sp³-hybridized carbons (Fsp3) is 0.0556. The summed E-state index contributed by atoms with van der Waals surface area (Å²) in [5.41, 5.74) is 11.2. The van der Waals surface area contributed by atoms with Crippen molar-refractivity contribution in [1.82, 2.24) is 25.7 Å². The highest BCUT2D eigenvalue weighted by atomic mass is 16.5. The summed E-state index contributed by atoms with van der Waals surface area (Å²) in [6, 6.07) is 15.3. The van der Waals surface area contributed by atoms with Crippen LogP contribution in [-0.4, -0.2) is 19.9 Å². The Morgan fingerprint density at radius 1 is 1.04 bits per heavy atom. The molecule has 2 N–H and O–H groups in total. The van der Waals surface area contributed by atoms with Crippen molar-refractivity contribution in [3.63, 3.8) is 0 Å². The molecule has 0 bridgehead atoms. The first kappa shape index (κ1) is 14.2. The molecule has 2 heterocycles. The summed E-state index contributed by atoms with van der Waals surface area (Å²) in [4.78, 5) is 16.1. The molecule has 0 saturated heterocycles. The summed E-state index contributed by atoms with van der Waals surface area (Å²) >= 11 is 0. The molecule has 24 heavy (non-hydrogen) atoms. The lowest BCUT2D eigenvalue weighted by molar-refractivity contribution is 0.460. The fourth-order valence-electron chi connectivity index (χ4n) is 2.45. The molecule has 6 heteroatoms. The number of aromatic amines is 1. The van der Waals surface area contributed by atoms with Crippen molar-refractivity contribution in [2.75, 3.05) is 0 Å². The van der Waals surface area contributed by atoms with E-state index in [4.69, 9.17) is 10.5 Å². The van der Waals surface area contributed by atoms with Gasteiger partial charge in [-0.05, 0) is 36.8 Å². The standard InChI is InChI=1S/C18H14N5O/c1-11-5-4-6-12(9-11)24-15-10-20-17(19)16(23-15)18-21-13-7-2-3-8-14(13)22-18/h2-10,19H,1H3,(H,21,22). The van der Waals surface area contributed by atoms with Crippen LogP contribution >= 0.6 is 0 Å². The van der Waals surface area contributed by atoms with Gasteiger partial charge in [-0.2, -0.15) is 0 Å². The summed E-state index contributed by atoms with van der Waals surface area (Å²) in [5, 5.41) is 0. The topological polar surface area (TPSA) is 87.5 Å². The lowest BCUT2D eigenvalue weighted by atomic mass is 10.2. The SMILES string of the molecule is Cc1cccc(Oc2cnc([NH])c(-c3nc4ccccc4[nH]3)n2)c1. The van der Waals surface area contributed by atoms with Crippen molar-refractivity contribution in [3.05, 3.63) is 60.3 Å². The Morgan fingerprint density at radius 2 is 1.92 bits per heavy atom. The molecule has 117 valence electrons. The average Bonchev–Trinajstić information content (AvgIpc) is 3.00. The first-order chi connectivity index (χ1) is 11.7. The normalized spacial score (nSPS) is 10.9. The third-order valence-corrected chi connectivity index (χ3v) is 3.58. The van der Waals surface area contributed by atoms with E-state index in [1.165, 1.54) is 6.20 Å². The summed E-state index contributed by atoms with van der Waals surface area (Å²) in [6.07, 6.45) is 1.44. The van der Waals surface area contributed by atoms with Crippen LogP contribution in [0.15, 0.2) is 54.7 Å². The minimum atomic E-state index is 0.0469. The van der Waals surface area contributed by atoms with Crippen LogP contribution in [0, 0.1) is 6.92 Å². The lowest BCUT2D eigenvalue weighted by Crippen LogP contribution is -1.95. The molecule has 0 fully saturated rings. The molecular weight excluding hydrogens is 302 g/mol. The third-order valence-electron chi connectivity index (χ3n) is 3.58. The molecule has 6 nitrogen and oxygen atoms in total. The smallest absolute Gasteiger partial charge is 0.238 e. The van der Waals surface area contributed by atoms with E-state index in [-0.39, 0.29) is 5.82 Å². The van der Waals surface area contributed by atoms with Crippen molar-refractivity contribution >= 4 is 16.9 Å². The van der Waals surface area contributed by atoms with Gasteiger partial charge in [-0.15, -0.1) is 0 Å². The van der Waals surface area contributed by atoms with Crippen LogP contribution in [0.5, 0.6) is 11.6 Å². The highest BCUT2D eigenvalue weighted by molar-refractivity contribution is 5.80. The van der Waals surface area contributed by atoms with E-state index in [2.05, 4.69) is 19.9 Å². The van der Waals surface area contributed by atoms with Gasteiger partial charge in [0.2, 0.25) is 5.88 Å². The highest BCUT2D eigenvalue weighted by Crippen LogP contribution is 2.27. The average molecular weight is 316 g/mol. The van der Waals surface area contributed by atoms with Gasteiger partial charge in [-0.1, -0.05) is 24.3 Å². The second-order valence-electron chi connectivity index (χ2n) is 5.43. The first-order valence-electron chi connectivity index (χ1n) is 7.47. The number of para-hydroxylation sites is 2. The molecule has 4 aromatic rings. The highest BCUT2D eigenvalue weighted by Gasteiger charge is 2.13. The number of ether oxygens (including phenoxy) is 1. The van der Waals surface area contributed by atoms with Crippen LogP contribution < -0.4 is 10.5 Å². The molecule has 0 spiro atoms. The molecule has 0 unspecified atom stereocenters. The number of fused-ring (bicyclic) bond motifs is 1. The predicted octanol–water partition coefficient (Wildman–Crippen LogP) is 4.04. The van der Waals surface area contributed by atoms with Crippen molar-refractivity contribution in [1.29, 1.82) is 0 Å². The maximum absolute atomic E-state index is 8.00. The van der Waals surface area contributed by atoms with E-state index >= 15 is 0 Å². The van der Waals surface area contributed by atoms with Gasteiger partial charge in [0.1, 0.15) is 5.75 Å². The zero-order valence-corrected chi connectivity index (χ0v) is 12.9. The van der Waals surface area contributed by atoms with Gasteiger partial charge >= 0.3 is 0 Å². The number of rotatable bonds is 3. The van der Waals surface area contributed by atoms with Gasteiger partial charge in [-0.25, -0.2) is 15.0 Å². The van der Waals surface area contributed by atoms with Crippen LogP contribution in [0.1, 0.15) is 5.56 Å². The minimum absolute atomic E-state index is 0.0469. The molecule has 4 rings (SSSR count). The number of aryl methyl sites for hydroxylation is 1. The predicted molar refractivity (Wildman–Crippen MR) is 91.1 cm³/mol. The number of nitrogens with zero attached hydrogens (tertiary/aromatic N) is 3. The molecule has 2 aromatic heterocycles. The van der Waals surface area contributed by atoms with E-state index in [0.717, 1.165) is 16.6 Å². The minimum Gasteiger partial charge on any atom is -0.437 e. The van der Waals surface area contributed by atoms with Gasteiger partial charge in [0, 0.05) is 0 Å². The Morgan fingerprint density at radius 3 is 2.75 bits per heavy atom. The molecular formula is C18H14N5O. The summed E-state index contributed by atoms with van der Waals surface area (Å²) in [5.74, 6) is 1.55. The van der Waals surface area contributed by atoms with E-state index in [9.17, 15) is 0 Å². The van der Waals surface area contributed by atoms with Gasteiger partial charge in [0.25, 0.3) is 0 Å². The second-order valence-corrected chi connectivity index (χ2v) is 5.43. The van der Waals surface area contributed by atoms with Gasteiger partial charge in [0.05, 0.1) is 17.2 Å². The van der Waals surface area contributed by atoms with Crippen LogP contribution in [0.3, 0.4) is 0 Å². The zero-order valence-electron chi connectivity index (χ0n) is 12.9. The quantitative estimate of drug-likeness (QED) is 0.618. The molecule has 0 amide bonds. The summed E-state index contributed by atoms with van der Waals surface area (Å²) < 4.78 is 5.75. The van der Waals surface area contributed by atoms with Crippen molar-refractivity contribution in [3.8, 4) is 23.1 Å². The van der Waals surface area contributed by atoms with Crippen LogP contribution in [0.25, 0.3) is 22.6 Å². The number of H-pyrrole nitrogens is 1. The Bertz CT molecular complexity index is 992. The Labute approximate surface area is 138 Å². The van der Waals surface area contributed by atoms with Crippen LogP contribution in [0.4, 0.5) is 5.82 Å². The van der Waals surface area contributed by atoms with Crippen LogP contribution in [0.2, 0.25) is 0 Å². The Balaban J connectivity index is 1.73. The number of nitrogens with one attached hydrogen (secondary N) is 2. The summed E-state index contributed by atoms with van der Waals surface area (Å²) in [7, 11) is 0. The van der Waals surface area contributed by atoms with Gasteiger partial charge in [-0.3, -0.25) is 5.73 Å². The Kier molecular flexibility index (Phi) is 3.35. The molecule has 0 aliphatic rings. The molecule has 1 radical (unpaired) electrons. The third kappa shape index (κ3) is 2.65. The maximum Gasteiger partial charge on any atom is 0.238 e. The van der Waals surface area contributed by atoms with Crippen molar-refractivity contribution < 1.29 is 4.74 Å². The summed E-state index contributed by atoms with van der Waals surface area (Å²) in [6.45, 7) is 1.99.